The molecular weight excluding hydrogens is 286 g/mol. The fraction of sp³-hybridized carbons (Fsp3) is 0.467. The number of rotatable bonds is 9. The summed E-state index contributed by atoms with van der Waals surface area (Å²) in [4.78, 5) is 24.2. The van der Waals surface area contributed by atoms with E-state index < -0.39 is 6.04 Å². The Morgan fingerprint density at radius 2 is 2.00 bits per heavy atom. The van der Waals surface area contributed by atoms with E-state index >= 15 is 0 Å². The van der Waals surface area contributed by atoms with E-state index in [4.69, 9.17) is 5.73 Å². The highest BCUT2D eigenvalue weighted by molar-refractivity contribution is 7.98. The van der Waals surface area contributed by atoms with Crippen LogP contribution in [0.1, 0.15) is 23.2 Å². The average molecular weight is 309 g/mol. The van der Waals surface area contributed by atoms with Crippen molar-refractivity contribution in [2.24, 2.45) is 5.73 Å². The lowest BCUT2D eigenvalue weighted by atomic mass is 10.1. The van der Waals surface area contributed by atoms with Crippen molar-refractivity contribution in [3.05, 3.63) is 35.9 Å². The first-order chi connectivity index (χ1) is 10.2. The fourth-order valence-corrected chi connectivity index (χ4v) is 2.24. The van der Waals surface area contributed by atoms with Crippen LogP contribution in [-0.2, 0) is 4.79 Å². The van der Waals surface area contributed by atoms with E-state index in [1.165, 1.54) is 0 Å². The molecule has 0 radical (unpaired) electrons. The van der Waals surface area contributed by atoms with Crippen LogP contribution in [-0.4, -0.2) is 43.0 Å². The van der Waals surface area contributed by atoms with E-state index in [2.05, 4.69) is 10.6 Å². The lowest BCUT2D eigenvalue weighted by Crippen LogP contribution is -2.47. The molecule has 0 saturated carbocycles. The maximum Gasteiger partial charge on any atom is 0.251 e. The molecule has 1 atom stereocenters. The van der Waals surface area contributed by atoms with E-state index in [9.17, 15) is 9.59 Å². The van der Waals surface area contributed by atoms with Gasteiger partial charge in [0.05, 0.1) is 0 Å². The zero-order chi connectivity index (χ0) is 15.5. The number of carbonyl (C=O) groups excluding carboxylic acids is 2. The minimum absolute atomic E-state index is 0.151. The molecule has 4 N–H and O–H groups in total. The molecule has 2 amide bonds. The summed E-state index contributed by atoms with van der Waals surface area (Å²) in [5.74, 6) is 0.432. The zero-order valence-electron chi connectivity index (χ0n) is 12.3. The van der Waals surface area contributed by atoms with Crippen LogP contribution >= 0.6 is 11.8 Å². The van der Waals surface area contributed by atoms with Crippen LogP contribution in [0.25, 0.3) is 0 Å². The maximum atomic E-state index is 12.1. The summed E-state index contributed by atoms with van der Waals surface area (Å²) in [6, 6.07) is 8.39. The summed E-state index contributed by atoms with van der Waals surface area (Å²) in [6.07, 6.45) is 3.31. The highest BCUT2D eigenvalue weighted by Crippen LogP contribution is 2.04. The van der Waals surface area contributed by atoms with Gasteiger partial charge in [-0.1, -0.05) is 18.2 Å². The molecule has 0 fully saturated rings. The van der Waals surface area contributed by atoms with Crippen molar-refractivity contribution in [2.45, 2.75) is 18.9 Å². The van der Waals surface area contributed by atoms with Gasteiger partial charge in [0.1, 0.15) is 6.04 Å². The van der Waals surface area contributed by atoms with Crippen molar-refractivity contribution >= 4 is 23.6 Å². The number of carbonyl (C=O) groups is 2. The molecule has 1 aromatic carbocycles. The van der Waals surface area contributed by atoms with Gasteiger partial charge in [0.2, 0.25) is 5.91 Å². The molecule has 5 nitrogen and oxygen atoms in total. The molecule has 0 aliphatic carbocycles. The van der Waals surface area contributed by atoms with Crippen LogP contribution in [0.5, 0.6) is 0 Å². The predicted octanol–water partition coefficient (Wildman–Crippen LogP) is 1.00. The van der Waals surface area contributed by atoms with Crippen molar-refractivity contribution in [3.63, 3.8) is 0 Å². The Morgan fingerprint density at radius 1 is 1.29 bits per heavy atom. The Balaban J connectivity index is 2.60. The highest BCUT2D eigenvalue weighted by atomic mass is 32.2. The Hall–Kier alpha value is -1.53. The highest BCUT2D eigenvalue weighted by Gasteiger charge is 2.20. The van der Waals surface area contributed by atoms with E-state index in [0.29, 0.717) is 25.1 Å². The van der Waals surface area contributed by atoms with Gasteiger partial charge in [-0.25, -0.2) is 0 Å². The average Bonchev–Trinajstić information content (AvgIpc) is 2.52. The van der Waals surface area contributed by atoms with Crippen LogP contribution in [0.2, 0.25) is 0 Å². The second-order valence-corrected chi connectivity index (χ2v) is 5.59. The smallest absolute Gasteiger partial charge is 0.251 e. The number of hydrogen-bond acceptors (Lipinski definition) is 4. The molecule has 21 heavy (non-hydrogen) atoms. The first-order valence-corrected chi connectivity index (χ1v) is 8.41. The number of nitrogens with one attached hydrogen (secondary N) is 2. The van der Waals surface area contributed by atoms with Gasteiger partial charge in [-0.3, -0.25) is 9.59 Å². The van der Waals surface area contributed by atoms with Crippen LogP contribution in [0.15, 0.2) is 30.3 Å². The largest absolute Gasteiger partial charge is 0.354 e. The summed E-state index contributed by atoms with van der Waals surface area (Å²) in [7, 11) is 0. The number of thioether (sulfide) groups is 1. The van der Waals surface area contributed by atoms with Crippen LogP contribution in [0, 0.1) is 0 Å². The van der Waals surface area contributed by atoms with E-state index in [-0.39, 0.29) is 11.8 Å². The predicted molar refractivity (Wildman–Crippen MR) is 87.4 cm³/mol. The summed E-state index contributed by atoms with van der Waals surface area (Å²) >= 11 is 1.65. The first kappa shape index (κ1) is 17.5. The lowest BCUT2D eigenvalue weighted by molar-refractivity contribution is -0.123. The third kappa shape index (κ3) is 6.64. The van der Waals surface area contributed by atoms with Crippen molar-refractivity contribution < 1.29 is 9.59 Å². The topological polar surface area (TPSA) is 84.2 Å². The van der Waals surface area contributed by atoms with Gasteiger partial charge in [-0.2, -0.15) is 11.8 Å². The van der Waals surface area contributed by atoms with Gasteiger partial charge >= 0.3 is 0 Å². The number of benzene rings is 1. The van der Waals surface area contributed by atoms with E-state index in [1.807, 2.05) is 12.3 Å². The third-order valence-electron chi connectivity index (χ3n) is 2.95. The van der Waals surface area contributed by atoms with E-state index in [0.717, 1.165) is 12.2 Å². The fourth-order valence-electron chi connectivity index (χ4n) is 1.77. The van der Waals surface area contributed by atoms with Gasteiger partial charge in [0.25, 0.3) is 5.91 Å². The Bertz CT molecular complexity index is 440. The third-order valence-corrected chi connectivity index (χ3v) is 3.59. The van der Waals surface area contributed by atoms with E-state index in [1.54, 1.807) is 36.0 Å². The number of nitrogens with two attached hydrogens (primary N) is 1. The molecule has 0 spiro atoms. The second kappa shape index (κ2) is 10.2. The van der Waals surface area contributed by atoms with Crippen LogP contribution < -0.4 is 16.4 Å². The van der Waals surface area contributed by atoms with Gasteiger partial charge < -0.3 is 16.4 Å². The zero-order valence-corrected chi connectivity index (χ0v) is 13.1. The molecule has 116 valence electrons. The van der Waals surface area contributed by atoms with Crippen molar-refractivity contribution in [1.29, 1.82) is 0 Å². The first-order valence-electron chi connectivity index (χ1n) is 7.01. The van der Waals surface area contributed by atoms with Crippen LogP contribution in [0.3, 0.4) is 0 Å². The van der Waals surface area contributed by atoms with Crippen molar-refractivity contribution in [3.8, 4) is 0 Å². The SMILES string of the molecule is CSCCC(NC(=O)c1ccccc1)C(=O)NCCCN. The Labute approximate surface area is 130 Å². The molecule has 6 heteroatoms. The summed E-state index contributed by atoms with van der Waals surface area (Å²) in [5, 5.41) is 5.61. The summed E-state index contributed by atoms with van der Waals surface area (Å²) in [5.41, 5.74) is 5.96. The van der Waals surface area contributed by atoms with Gasteiger partial charge in [0, 0.05) is 12.1 Å². The molecule has 0 aliphatic heterocycles. The quantitative estimate of drug-likeness (QED) is 0.594. The van der Waals surface area contributed by atoms with Gasteiger partial charge in [0.15, 0.2) is 0 Å². The molecule has 1 unspecified atom stereocenters. The summed E-state index contributed by atoms with van der Waals surface area (Å²) in [6.45, 7) is 1.07. The molecule has 1 aromatic rings. The molecule has 0 bridgehead atoms. The second-order valence-electron chi connectivity index (χ2n) is 4.61. The lowest BCUT2D eigenvalue weighted by Gasteiger charge is -2.18. The molecule has 0 aromatic heterocycles. The van der Waals surface area contributed by atoms with Crippen molar-refractivity contribution in [2.75, 3.05) is 25.1 Å². The standard InChI is InChI=1S/C15H23N3O2S/c1-21-11-8-13(15(20)17-10-5-9-16)18-14(19)12-6-3-2-4-7-12/h2-4,6-7,13H,5,8-11,16H2,1H3,(H,17,20)(H,18,19). The number of hydrogen-bond donors (Lipinski definition) is 3. The Morgan fingerprint density at radius 3 is 2.62 bits per heavy atom. The number of amides is 2. The molecule has 0 saturated heterocycles. The van der Waals surface area contributed by atoms with Gasteiger partial charge in [-0.05, 0) is 43.5 Å². The van der Waals surface area contributed by atoms with Crippen LogP contribution in [0.4, 0.5) is 0 Å². The van der Waals surface area contributed by atoms with Gasteiger partial charge in [-0.15, -0.1) is 0 Å². The Kier molecular flexibility index (Phi) is 8.54. The molecule has 0 aliphatic rings. The molecule has 1 rings (SSSR count). The minimum Gasteiger partial charge on any atom is -0.354 e. The summed E-state index contributed by atoms with van der Waals surface area (Å²) < 4.78 is 0. The van der Waals surface area contributed by atoms with Crippen molar-refractivity contribution in [1.82, 2.24) is 10.6 Å². The maximum absolute atomic E-state index is 12.1. The monoisotopic (exact) mass is 309 g/mol. The minimum atomic E-state index is -0.511. The molecular formula is C15H23N3O2S. The molecule has 0 heterocycles. The normalized spacial score (nSPS) is 11.7.